The van der Waals surface area contributed by atoms with Crippen molar-refractivity contribution in [3.05, 3.63) is 58.6 Å². The highest BCUT2D eigenvalue weighted by atomic mass is 16.5. The summed E-state index contributed by atoms with van der Waals surface area (Å²) in [5, 5.41) is 20.3. The van der Waals surface area contributed by atoms with Gasteiger partial charge in [-0.25, -0.2) is 4.79 Å². The van der Waals surface area contributed by atoms with E-state index in [2.05, 4.69) is 10.3 Å². The molecule has 122 valence electrons. The first kappa shape index (κ1) is 16.8. The molecule has 8 nitrogen and oxygen atoms in total. The number of nitrogens with zero attached hydrogens (tertiary/aromatic N) is 2. The first-order valence-corrected chi connectivity index (χ1v) is 6.91. The van der Waals surface area contributed by atoms with E-state index in [9.17, 15) is 9.59 Å². The van der Waals surface area contributed by atoms with E-state index in [1.165, 1.54) is 12.3 Å². The second kappa shape index (κ2) is 8.18. The largest absolute Gasteiger partial charge is 0.394 e. The van der Waals surface area contributed by atoms with Crippen LogP contribution >= 0.6 is 0 Å². The molecule has 2 aromatic rings. The zero-order valence-corrected chi connectivity index (χ0v) is 12.3. The number of amides is 1. The van der Waals surface area contributed by atoms with E-state index in [0.717, 1.165) is 4.57 Å². The number of aliphatic hydroxyl groups is 2. The summed E-state index contributed by atoms with van der Waals surface area (Å²) in [5.41, 5.74) is -0.166. The van der Waals surface area contributed by atoms with Gasteiger partial charge in [0.25, 0.3) is 5.91 Å². The fourth-order valence-corrected chi connectivity index (χ4v) is 1.72. The second-order valence-electron chi connectivity index (χ2n) is 4.67. The number of rotatable bonds is 7. The molecule has 23 heavy (non-hydrogen) atoms. The van der Waals surface area contributed by atoms with Gasteiger partial charge in [0.2, 0.25) is 0 Å². The van der Waals surface area contributed by atoms with Gasteiger partial charge in [0.1, 0.15) is 18.7 Å². The standard InChI is InChI=1S/C15H17N3O5/c19-8-12(9-20)23-10-18-7-6-13(17-15(18)22)16-14(21)11-4-2-1-3-5-11/h1-7,12,19-20H,8-10H2,(H,16,17,21,22). The van der Waals surface area contributed by atoms with Crippen LogP contribution in [0.5, 0.6) is 0 Å². The van der Waals surface area contributed by atoms with E-state index in [-0.39, 0.29) is 31.7 Å². The predicted molar refractivity (Wildman–Crippen MR) is 81.9 cm³/mol. The van der Waals surface area contributed by atoms with Crippen molar-refractivity contribution in [2.24, 2.45) is 0 Å². The van der Waals surface area contributed by atoms with Crippen molar-refractivity contribution in [2.45, 2.75) is 12.8 Å². The zero-order valence-electron chi connectivity index (χ0n) is 12.3. The van der Waals surface area contributed by atoms with Crippen LogP contribution in [0.2, 0.25) is 0 Å². The minimum atomic E-state index is -0.764. The number of hydrogen-bond acceptors (Lipinski definition) is 6. The number of carbonyl (C=O) groups is 1. The van der Waals surface area contributed by atoms with Crippen molar-refractivity contribution in [1.29, 1.82) is 0 Å². The summed E-state index contributed by atoms with van der Waals surface area (Å²) in [6.07, 6.45) is 0.640. The minimum Gasteiger partial charge on any atom is -0.394 e. The van der Waals surface area contributed by atoms with Gasteiger partial charge in [0, 0.05) is 11.8 Å². The van der Waals surface area contributed by atoms with Gasteiger partial charge < -0.3 is 20.3 Å². The topological polar surface area (TPSA) is 114 Å². The normalized spacial score (nSPS) is 10.7. The quantitative estimate of drug-likeness (QED) is 0.652. The molecular formula is C15H17N3O5. The summed E-state index contributed by atoms with van der Waals surface area (Å²) in [6, 6.07) is 10.0. The highest BCUT2D eigenvalue weighted by Gasteiger charge is 2.09. The Bertz CT molecular complexity index is 698. The third-order valence-electron chi connectivity index (χ3n) is 3.01. The van der Waals surface area contributed by atoms with Crippen LogP contribution in [0.15, 0.2) is 47.4 Å². The van der Waals surface area contributed by atoms with Crippen LogP contribution in [-0.2, 0) is 11.5 Å². The summed E-state index contributed by atoms with van der Waals surface area (Å²) in [4.78, 5) is 27.5. The summed E-state index contributed by atoms with van der Waals surface area (Å²) in [7, 11) is 0. The summed E-state index contributed by atoms with van der Waals surface area (Å²) >= 11 is 0. The van der Waals surface area contributed by atoms with Gasteiger partial charge in [-0.2, -0.15) is 4.98 Å². The van der Waals surface area contributed by atoms with Crippen LogP contribution in [0.3, 0.4) is 0 Å². The molecule has 0 saturated heterocycles. The number of anilines is 1. The molecule has 0 aliphatic carbocycles. The molecule has 0 bridgehead atoms. The molecule has 0 aliphatic heterocycles. The molecule has 0 atom stereocenters. The van der Waals surface area contributed by atoms with Gasteiger partial charge in [-0.15, -0.1) is 0 Å². The average Bonchev–Trinajstić information content (AvgIpc) is 2.58. The van der Waals surface area contributed by atoms with E-state index >= 15 is 0 Å². The number of aromatic nitrogens is 2. The van der Waals surface area contributed by atoms with Crippen LogP contribution in [-0.4, -0.2) is 45.0 Å². The fraction of sp³-hybridized carbons (Fsp3) is 0.267. The van der Waals surface area contributed by atoms with E-state index in [4.69, 9.17) is 14.9 Å². The van der Waals surface area contributed by atoms with Crippen LogP contribution in [0.1, 0.15) is 10.4 Å². The van der Waals surface area contributed by atoms with Crippen LogP contribution in [0, 0.1) is 0 Å². The highest BCUT2D eigenvalue weighted by Crippen LogP contribution is 2.04. The predicted octanol–water partition coefficient (Wildman–Crippen LogP) is -0.177. The number of hydrogen-bond donors (Lipinski definition) is 3. The zero-order chi connectivity index (χ0) is 16.7. The molecule has 0 fully saturated rings. The van der Waals surface area contributed by atoms with Crippen LogP contribution in [0.25, 0.3) is 0 Å². The van der Waals surface area contributed by atoms with Gasteiger partial charge in [0.15, 0.2) is 0 Å². The summed E-state index contributed by atoms with van der Waals surface area (Å²) in [5.74, 6) is -0.243. The van der Waals surface area contributed by atoms with E-state index in [1.807, 2.05) is 0 Å². The first-order valence-electron chi connectivity index (χ1n) is 6.91. The average molecular weight is 319 g/mol. The van der Waals surface area contributed by atoms with Crippen molar-refractivity contribution in [3.8, 4) is 0 Å². The van der Waals surface area contributed by atoms with Crippen molar-refractivity contribution in [2.75, 3.05) is 18.5 Å². The number of carbonyl (C=O) groups excluding carboxylic acids is 1. The summed E-state index contributed by atoms with van der Waals surface area (Å²) < 4.78 is 6.28. The van der Waals surface area contributed by atoms with Crippen molar-refractivity contribution in [1.82, 2.24) is 9.55 Å². The molecule has 0 unspecified atom stereocenters. The second-order valence-corrected chi connectivity index (χ2v) is 4.67. The lowest BCUT2D eigenvalue weighted by Gasteiger charge is -2.13. The van der Waals surface area contributed by atoms with Gasteiger partial charge in [-0.1, -0.05) is 18.2 Å². The number of ether oxygens (including phenoxy) is 1. The molecule has 1 amide bonds. The lowest BCUT2D eigenvalue weighted by Crippen LogP contribution is -2.29. The lowest BCUT2D eigenvalue weighted by atomic mass is 10.2. The Hall–Kier alpha value is -2.55. The molecule has 1 heterocycles. The maximum atomic E-state index is 12.0. The Balaban J connectivity index is 2.02. The molecule has 1 aromatic carbocycles. The van der Waals surface area contributed by atoms with Crippen LogP contribution in [0.4, 0.5) is 5.82 Å². The van der Waals surface area contributed by atoms with Gasteiger partial charge in [0.05, 0.1) is 13.2 Å². The molecule has 0 spiro atoms. The number of nitrogens with one attached hydrogen (secondary N) is 1. The molecule has 2 rings (SSSR count). The van der Waals surface area contributed by atoms with E-state index in [1.54, 1.807) is 30.3 Å². The Kier molecular flexibility index (Phi) is 5.98. The van der Waals surface area contributed by atoms with Crippen molar-refractivity contribution < 1.29 is 19.7 Å². The smallest absolute Gasteiger partial charge is 0.351 e. The minimum absolute atomic E-state index is 0.126. The fourth-order valence-electron chi connectivity index (χ4n) is 1.72. The molecule has 0 aliphatic rings. The highest BCUT2D eigenvalue weighted by molar-refractivity contribution is 6.03. The lowest BCUT2D eigenvalue weighted by molar-refractivity contribution is -0.0512. The summed E-state index contributed by atoms with van der Waals surface area (Å²) in [6.45, 7) is -0.877. The molecule has 1 aromatic heterocycles. The molecular weight excluding hydrogens is 302 g/mol. The van der Waals surface area contributed by atoms with Crippen LogP contribution < -0.4 is 11.0 Å². The first-order chi connectivity index (χ1) is 11.1. The van der Waals surface area contributed by atoms with Crippen molar-refractivity contribution in [3.63, 3.8) is 0 Å². The molecule has 0 saturated carbocycles. The molecule has 3 N–H and O–H groups in total. The van der Waals surface area contributed by atoms with Gasteiger partial charge in [-0.05, 0) is 18.2 Å². The Morgan fingerprint density at radius 3 is 2.52 bits per heavy atom. The van der Waals surface area contributed by atoms with Gasteiger partial charge in [-0.3, -0.25) is 9.36 Å². The van der Waals surface area contributed by atoms with E-state index < -0.39 is 11.8 Å². The Labute approximate surface area is 132 Å². The number of aliphatic hydroxyl groups excluding tert-OH is 2. The third-order valence-corrected chi connectivity index (χ3v) is 3.01. The number of benzene rings is 1. The van der Waals surface area contributed by atoms with Gasteiger partial charge >= 0.3 is 5.69 Å². The maximum absolute atomic E-state index is 12.0. The van der Waals surface area contributed by atoms with E-state index in [0.29, 0.717) is 5.56 Å². The Morgan fingerprint density at radius 1 is 1.22 bits per heavy atom. The molecule has 0 radical (unpaired) electrons. The SMILES string of the molecule is O=C(Nc1ccn(COC(CO)CO)c(=O)n1)c1ccccc1. The monoisotopic (exact) mass is 319 g/mol. The Morgan fingerprint density at radius 2 is 1.91 bits per heavy atom. The van der Waals surface area contributed by atoms with Crippen molar-refractivity contribution >= 4 is 11.7 Å². The third kappa shape index (κ3) is 4.71. The maximum Gasteiger partial charge on any atom is 0.351 e. The molecule has 8 heteroatoms.